The van der Waals surface area contributed by atoms with E-state index >= 15 is 0 Å². The fraction of sp³-hybridized carbons (Fsp3) is 0.733. The first kappa shape index (κ1) is 14.7. The van der Waals surface area contributed by atoms with Gasteiger partial charge in [-0.3, -0.25) is 0 Å². The summed E-state index contributed by atoms with van der Waals surface area (Å²) in [6.07, 6.45) is 10.7. The van der Waals surface area contributed by atoms with E-state index in [1.54, 1.807) is 0 Å². The predicted molar refractivity (Wildman–Crippen MR) is 78.6 cm³/mol. The van der Waals surface area contributed by atoms with Crippen LogP contribution in [0.4, 0.5) is 0 Å². The van der Waals surface area contributed by atoms with Crippen LogP contribution in [0.3, 0.4) is 0 Å². The molecule has 0 aliphatic rings. The molecule has 0 aliphatic heterocycles. The summed E-state index contributed by atoms with van der Waals surface area (Å²) in [6, 6.07) is 2.44. The van der Waals surface area contributed by atoms with Crippen molar-refractivity contribution in [3.05, 3.63) is 21.9 Å². The molecule has 1 unspecified atom stereocenters. The fourth-order valence-corrected chi connectivity index (χ4v) is 3.18. The molecule has 2 N–H and O–H groups in total. The summed E-state index contributed by atoms with van der Waals surface area (Å²) in [4.78, 5) is 1.39. The molecule has 0 saturated heterocycles. The van der Waals surface area contributed by atoms with Crippen molar-refractivity contribution in [2.75, 3.05) is 0 Å². The van der Waals surface area contributed by atoms with Crippen LogP contribution in [0, 0.1) is 6.92 Å². The monoisotopic (exact) mass is 253 g/mol. The summed E-state index contributed by atoms with van der Waals surface area (Å²) < 4.78 is 0. The molecule has 98 valence electrons. The number of aryl methyl sites for hydroxylation is 1. The highest BCUT2D eigenvalue weighted by molar-refractivity contribution is 7.10. The Hall–Kier alpha value is -0.340. The average molecular weight is 253 g/mol. The van der Waals surface area contributed by atoms with Gasteiger partial charge in [0.1, 0.15) is 0 Å². The minimum absolute atomic E-state index is 0.269. The zero-order valence-electron chi connectivity index (χ0n) is 11.4. The molecule has 0 aliphatic carbocycles. The fourth-order valence-electron chi connectivity index (χ4n) is 2.22. The molecule has 0 saturated carbocycles. The Morgan fingerprint density at radius 2 is 1.76 bits per heavy atom. The van der Waals surface area contributed by atoms with Crippen molar-refractivity contribution < 1.29 is 0 Å². The summed E-state index contributed by atoms with van der Waals surface area (Å²) in [6.45, 7) is 4.43. The summed E-state index contributed by atoms with van der Waals surface area (Å²) in [5.74, 6) is 0. The van der Waals surface area contributed by atoms with Gasteiger partial charge in [-0.1, -0.05) is 51.9 Å². The van der Waals surface area contributed by atoms with E-state index in [-0.39, 0.29) is 6.04 Å². The summed E-state index contributed by atoms with van der Waals surface area (Å²) in [5.41, 5.74) is 7.58. The lowest BCUT2D eigenvalue weighted by atomic mass is 10.0. The molecule has 1 heterocycles. The van der Waals surface area contributed by atoms with Gasteiger partial charge in [0, 0.05) is 10.9 Å². The van der Waals surface area contributed by atoms with Crippen molar-refractivity contribution in [1.29, 1.82) is 0 Å². The first-order valence-corrected chi connectivity index (χ1v) is 7.93. The van der Waals surface area contributed by atoms with Crippen LogP contribution < -0.4 is 5.73 Å². The van der Waals surface area contributed by atoms with Crippen LogP contribution in [0.15, 0.2) is 11.4 Å². The second-order valence-electron chi connectivity index (χ2n) is 4.98. The molecule has 1 atom stereocenters. The maximum atomic E-state index is 6.21. The average Bonchev–Trinajstić information content (AvgIpc) is 2.74. The predicted octanol–water partition coefficient (Wildman–Crippen LogP) is 5.20. The number of hydrogen-bond donors (Lipinski definition) is 1. The molecule has 1 aromatic heterocycles. The number of nitrogens with two attached hydrogens (primary N) is 1. The Balaban J connectivity index is 2.05. The zero-order chi connectivity index (χ0) is 12.5. The van der Waals surface area contributed by atoms with Gasteiger partial charge >= 0.3 is 0 Å². The van der Waals surface area contributed by atoms with Gasteiger partial charge in [0.05, 0.1) is 0 Å². The molecule has 0 spiro atoms. The molecular formula is C15H27NS. The third kappa shape index (κ3) is 5.69. The molecule has 0 aromatic carbocycles. The van der Waals surface area contributed by atoms with Gasteiger partial charge in [-0.25, -0.2) is 0 Å². The third-order valence-corrected chi connectivity index (χ3v) is 4.51. The van der Waals surface area contributed by atoms with Gasteiger partial charge in [-0.15, -0.1) is 11.3 Å². The van der Waals surface area contributed by atoms with E-state index in [9.17, 15) is 0 Å². The van der Waals surface area contributed by atoms with Gasteiger partial charge < -0.3 is 5.73 Å². The minimum atomic E-state index is 0.269. The van der Waals surface area contributed by atoms with Crippen molar-refractivity contribution in [3.63, 3.8) is 0 Å². The third-order valence-electron chi connectivity index (χ3n) is 3.36. The van der Waals surface area contributed by atoms with Crippen LogP contribution >= 0.6 is 11.3 Å². The Kier molecular flexibility index (Phi) is 7.54. The van der Waals surface area contributed by atoms with Crippen molar-refractivity contribution in [1.82, 2.24) is 0 Å². The van der Waals surface area contributed by atoms with E-state index < -0.39 is 0 Å². The lowest BCUT2D eigenvalue weighted by Gasteiger charge is -2.10. The minimum Gasteiger partial charge on any atom is -0.323 e. The van der Waals surface area contributed by atoms with E-state index in [0.29, 0.717) is 0 Å². The molecule has 0 amide bonds. The summed E-state index contributed by atoms with van der Waals surface area (Å²) in [7, 11) is 0. The van der Waals surface area contributed by atoms with Gasteiger partial charge in [0.15, 0.2) is 0 Å². The highest BCUT2D eigenvalue weighted by Crippen LogP contribution is 2.26. The summed E-state index contributed by atoms with van der Waals surface area (Å²) >= 11 is 1.81. The molecule has 17 heavy (non-hydrogen) atoms. The Bertz CT molecular complexity index is 293. The van der Waals surface area contributed by atoms with Crippen LogP contribution in [0.25, 0.3) is 0 Å². The Morgan fingerprint density at radius 1 is 1.12 bits per heavy atom. The first-order valence-electron chi connectivity index (χ1n) is 7.05. The topological polar surface area (TPSA) is 26.0 Å². The molecule has 0 radical (unpaired) electrons. The van der Waals surface area contributed by atoms with Crippen LogP contribution in [-0.4, -0.2) is 0 Å². The van der Waals surface area contributed by atoms with Crippen LogP contribution in [-0.2, 0) is 0 Å². The quantitative estimate of drug-likeness (QED) is 0.602. The maximum absolute atomic E-state index is 6.21. The van der Waals surface area contributed by atoms with E-state index in [1.165, 1.54) is 55.4 Å². The Morgan fingerprint density at radius 3 is 2.35 bits per heavy atom. The number of rotatable bonds is 9. The maximum Gasteiger partial charge on any atom is 0.0392 e. The standard InChI is InChI=1S/C15H27NS/c1-3-4-5-6-7-8-9-10-14(16)15-13(2)11-12-17-15/h11-12,14H,3-10,16H2,1-2H3. The normalized spacial score (nSPS) is 12.9. The molecule has 0 bridgehead atoms. The second kappa shape index (κ2) is 8.71. The molecule has 1 aromatic rings. The molecule has 0 fully saturated rings. The van der Waals surface area contributed by atoms with E-state index in [0.717, 1.165) is 6.42 Å². The molecular weight excluding hydrogens is 226 g/mol. The van der Waals surface area contributed by atoms with E-state index in [1.807, 2.05) is 11.3 Å². The number of unbranched alkanes of at least 4 members (excludes halogenated alkanes) is 6. The smallest absolute Gasteiger partial charge is 0.0392 e. The van der Waals surface area contributed by atoms with Gasteiger partial charge in [0.25, 0.3) is 0 Å². The second-order valence-corrected chi connectivity index (χ2v) is 5.93. The number of hydrogen-bond acceptors (Lipinski definition) is 2. The van der Waals surface area contributed by atoms with Gasteiger partial charge in [-0.2, -0.15) is 0 Å². The van der Waals surface area contributed by atoms with Crippen molar-refractivity contribution in [2.45, 2.75) is 71.3 Å². The van der Waals surface area contributed by atoms with Crippen molar-refractivity contribution >= 4 is 11.3 Å². The van der Waals surface area contributed by atoms with E-state index in [4.69, 9.17) is 5.73 Å². The lowest BCUT2D eigenvalue weighted by molar-refractivity contribution is 0.543. The summed E-state index contributed by atoms with van der Waals surface area (Å²) in [5, 5.41) is 2.15. The van der Waals surface area contributed by atoms with E-state index in [2.05, 4.69) is 25.3 Å². The van der Waals surface area contributed by atoms with Crippen LogP contribution in [0.1, 0.15) is 74.8 Å². The molecule has 2 heteroatoms. The van der Waals surface area contributed by atoms with Gasteiger partial charge in [-0.05, 0) is 30.4 Å². The SMILES string of the molecule is CCCCCCCCCC(N)c1sccc1C. The first-order chi connectivity index (χ1) is 8.25. The van der Waals surface area contributed by atoms with Gasteiger partial charge in [0.2, 0.25) is 0 Å². The Labute approximate surface area is 110 Å². The molecule has 1 nitrogen and oxygen atoms in total. The highest BCUT2D eigenvalue weighted by Gasteiger charge is 2.09. The highest BCUT2D eigenvalue weighted by atomic mass is 32.1. The zero-order valence-corrected chi connectivity index (χ0v) is 12.2. The van der Waals surface area contributed by atoms with Crippen molar-refractivity contribution in [2.24, 2.45) is 5.73 Å². The van der Waals surface area contributed by atoms with Crippen LogP contribution in [0.2, 0.25) is 0 Å². The largest absolute Gasteiger partial charge is 0.323 e. The lowest BCUT2D eigenvalue weighted by Crippen LogP contribution is -2.09. The van der Waals surface area contributed by atoms with Crippen LogP contribution in [0.5, 0.6) is 0 Å². The van der Waals surface area contributed by atoms with Crippen molar-refractivity contribution in [3.8, 4) is 0 Å². The molecule has 1 rings (SSSR count). The number of thiophene rings is 1.